The summed E-state index contributed by atoms with van der Waals surface area (Å²) in [5.41, 5.74) is 4.32. The minimum Gasteiger partial charge on any atom is -0.348 e. The number of benzene rings is 1. The molecule has 15 heavy (non-hydrogen) atoms. The third-order valence-corrected chi connectivity index (χ3v) is 1.90. The number of urea groups is 1. The second-order valence-corrected chi connectivity index (χ2v) is 3.09. The second-order valence-electron chi connectivity index (χ2n) is 3.09. The number of nitrogens with zero attached hydrogens (tertiary/aromatic N) is 3. The maximum atomic E-state index is 10.4. The molecule has 1 unspecified atom stereocenters. The summed E-state index contributed by atoms with van der Waals surface area (Å²) in [5.74, 6) is 0. The number of carbonyl (C=O) groups is 1. The summed E-state index contributed by atoms with van der Waals surface area (Å²) >= 11 is 0. The maximum absolute atomic E-state index is 10.4. The predicted octanol–water partition coefficient (Wildman–Crippen LogP) is 1.96. The number of amides is 2. The normalized spacial score (nSPS) is 14.4. The lowest BCUT2D eigenvalue weighted by atomic mass is 9.95. The number of hydrogen-bond donors (Lipinski definition) is 1. The van der Waals surface area contributed by atoms with E-state index in [-0.39, 0.29) is 0 Å². The SMILES string of the molecule is CC(C#N)(N=NC(N)=O)c1ccccc1. The molecule has 0 heterocycles. The third-order valence-electron chi connectivity index (χ3n) is 1.90. The Morgan fingerprint density at radius 2 is 2.07 bits per heavy atom. The van der Waals surface area contributed by atoms with E-state index in [0.717, 1.165) is 0 Å². The van der Waals surface area contributed by atoms with Crippen LogP contribution in [0.5, 0.6) is 0 Å². The van der Waals surface area contributed by atoms with Gasteiger partial charge in [-0.15, -0.1) is 0 Å². The Bertz CT molecular complexity index is 421. The fourth-order valence-electron chi connectivity index (χ4n) is 1.06. The van der Waals surface area contributed by atoms with E-state index in [0.29, 0.717) is 5.56 Å². The highest BCUT2D eigenvalue weighted by molar-refractivity contribution is 5.71. The van der Waals surface area contributed by atoms with Crippen molar-refractivity contribution in [1.82, 2.24) is 0 Å². The van der Waals surface area contributed by atoms with Crippen LogP contribution in [0.2, 0.25) is 0 Å². The molecule has 2 amide bonds. The van der Waals surface area contributed by atoms with Crippen molar-refractivity contribution in [2.75, 3.05) is 0 Å². The minimum absolute atomic E-state index is 0.664. The summed E-state index contributed by atoms with van der Waals surface area (Å²) in [7, 11) is 0. The largest absolute Gasteiger partial charge is 0.356 e. The minimum atomic E-state index is -1.17. The van der Waals surface area contributed by atoms with Gasteiger partial charge in [0, 0.05) is 0 Å². The summed E-state index contributed by atoms with van der Waals surface area (Å²) in [6, 6.07) is 9.94. The summed E-state index contributed by atoms with van der Waals surface area (Å²) in [5, 5.41) is 15.8. The van der Waals surface area contributed by atoms with E-state index in [2.05, 4.69) is 10.2 Å². The molecule has 0 fully saturated rings. The Labute approximate surface area is 87.2 Å². The van der Waals surface area contributed by atoms with Crippen LogP contribution >= 0.6 is 0 Å². The number of rotatable bonds is 2. The molecular weight excluding hydrogens is 192 g/mol. The number of azo groups is 1. The Morgan fingerprint density at radius 3 is 2.53 bits per heavy atom. The number of nitriles is 1. The van der Waals surface area contributed by atoms with Crippen molar-refractivity contribution in [3.8, 4) is 6.07 Å². The lowest BCUT2D eigenvalue weighted by molar-refractivity contribution is 0.254. The van der Waals surface area contributed by atoms with Crippen LogP contribution in [0.4, 0.5) is 4.79 Å². The molecule has 5 nitrogen and oxygen atoms in total. The monoisotopic (exact) mass is 202 g/mol. The Balaban J connectivity index is 3.08. The van der Waals surface area contributed by atoms with E-state index in [1.165, 1.54) is 0 Å². The molecule has 76 valence electrons. The molecule has 0 saturated carbocycles. The van der Waals surface area contributed by atoms with Gasteiger partial charge < -0.3 is 5.73 Å². The zero-order valence-corrected chi connectivity index (χ0v) is 8.21. The van der Waals surface area contributed by atoms with Crippen LogP contribution in [0.1, 0.15) is 12.5 Å². The molecule has 0 bridgehead atoms. The molecule has 1 rings (SSSR count). The van der Waals surface area contributed by atoms with Gasteiger partial charge in [0.15, 0.2) is 5.54 Å². The molecule has 2 N–H and O–H groups in total. The van der Waals surface area contributed by atoms with Crippen LogP contribution in [-0.2, 0) is 5.54 Å². The number of carbonyl (C=O) groups excluding carboxylic acids is 1. The zero-order valence-electron chi connectivity index (χ0n) is 8.21. The molecule has 0 aliphatic heterocycles. The topological polar surface area (TPSA) is 91.6 Å². The van der Waals surface area contributed by atoms with Crippen molar-refractivity contribution in [3.05, 3.63) is 35.9 Å². The molecular formula is C10H10N4O. The van der Waals surface area contributed by atoms with Crippen LogP contribution in [0.3, 0.4) is 0 Å². The van der Waals surface area contributed by atoms with Gasteiger partial charge in [0.05, 0.1) is 6.07 Å². The van der Waals surface area contributed by atoms with E-state index in [9.17, 15) is 4.79 Å². The van der Waals surface area contributed by atoms with E-state index in [1.54, 1.807) is 31.2 Å². The highest BCUT2D eigenvalue weighted by atomic mass is 16.2. The van der Waals surface area contributed by atoms with Crippen molar-refractivity contribution >= 4 is 6.03 Å². The predicted molar refractivity (Wildman–Crippen MR) is 53.8 cm³/mol. The van der Waals surface area contributed by atoms with E-state index >= 15 is 0 Å². The average molecular weight is 202 g/mol. The van der Waals surface area contributed by atoms with E-state index in [4.69, 9.17) is 11.0 Å². The van der Waals surface area contributed by atoms with Crippen molar-refractivity contribution < 1.29 is 4.79 Å². The van der Waals surface area contributed by atoms with Crippen molar-refractivity contribution in [3.63, 3.8) is 0 Å². The fraction of sp³-hybridized carbons (Fsp3) is 0.200. The maximum Gasteiger partial charge on any atom is 0.356 e. The summed E-state index contributed by atoms with van der Waals surface area (Å²) < 4.78 is 0. The molecule has 5 heteroatoms. The molecule has 0 aliphatic rings. The molecule has 0 saturated heterocycles. The molecule has 1 aromatic carbocycles. The van der Waals surface area contributed by atoms with Crippen LogP contribution in [0, 0.1) is 11.3 Å². The fourth-order valence-corrected chi connectivity index (χ4v) is 1.06. The van der Waals surface area contributed by atoms with Gasteiger partial charge in [-0.2, -0.15) is 10.4 Å². The van der Waals surface area contributed by atoms with Gasteiger partial charge in [0.1, 0.15) is 0 Å². The van der Waals surface area contributed by atoms with Gasteiger partial charge in [0.2, 0.25) is 0 Å². The van der Waals surface area contributed by atoms with Gasteiger partial charge >= 0.3 is 6.03 Å². The standard InChI is InChI=1S/C10H10N4O/c1-10(7-11,14-13-9(12)15)8-5-3-2-4-6-8/h2-6H,1H3,(H2,12,15). The molecule has 1 aromatic rings. The quantitative estimate of drug-likeness (QED) is 0.742. The second kappa shape index (κ2) is 4.33. The smallest absolute Gasteiger partial charge is 0.348 e. The number of nitrogens with two attached hydrogens (primary N) is 1. The first-order chi connectivity index (χ1) is 7.08. The Morgan fingerprint density at radius 1 is 1.47 bits per heavy atom. The molecule has 0 radical (unpaired) electrons. The van der Waals surface area contributed by atoms with Crippen LogP contribution < -0.4 is 5.73 Å². The van der Waals surface area contributed by atoms with E-state index < -0.39 is 11.6 Å². The van der Waals surface area contributed by atoms with Gasteiger partial charge in [-0.3, -0.25) is 0 Å². The van der Waals surface area contributed by atoms with Gasteiger partial charge in [0.25, 0.3) is 0 Å². The zero-order chi connectivity index (χ0) is 11.3. The highest BCUT2D eigenvalue weighted by Crippen LogP contribution is 2.24. The first kappa shape index (κ1) is 10.9. The van der Waals surface area contributed by atoms with Crippen molar-refractivity contribution in [2.24, 2.45) is 16.0 Å². The lowest BCUT2D eigenvalue weighted by Gasteiger charge is -2.14. The molecule has 0 aliphatic carbocycles. The lowest BCUT2D eigenvalue weighted by Crippen LogP contribution is -2.17. The number of hydrogen-bond acceptors (Lipinski definition) is 3. The van der Waals surface area contributed by atoms with Crippen molar-refractivity contribution in [1.29, 1.82) is 5.26 Å². The van der Waals surface area contributed by atoms with Crippen LogP contribution in [0.15, 0.2) is 40.6 Å². The van der Waals surface area contributed by atoms with Gasteiger partial charge in [-0.1, -0.05) is 35.4 Å². The van der Waals surface area contributed by atoms with Gasteiger partial charge in [-0.25, -0.2) is 4.79 Å². The molecule has 0 aromatic heterocycles. The Hall–Kier alpha value is -2.22. The van der Waals surface area contributed by atoms with Gasteiger partial charge in [-0.05, 0) is 12.5 Å². The number of primary amides is 1. The highest BCUT2D eigenvalue weighted by Gasteiger charge is 2.25. The first-order valence-corrected chi connectivity index (χ1v) is 4.27. The van der Waals surface area contributed by atoms with E-state index in [1.807, 2.05) is 12.1 Å². The molecule has 1 atom stereocenters. The Kier molecular flexibility index (Phi) is 3.13. The molecule has 0 spiro atoms. The van der Waals surface area contributed by atoms with Crippen LogP contribution in [-0.4, -0.2) is 6.03 Å². The van der Waals surface area contributed by atoms with Crippen LogP contribution in [0.25, 0.3) is 0 Å². The summed E-state index contributed by atoms with van der Waals surface area (Å²) in [6.45, 7) is 1.56. The third kappa shape index (κ3) is 2.61. The van der Waals surface area contributed by atoms with Crippen molar-refractivity contribution in [2.45, 2.75) is 12.5 Å². The average Bonchev–Trinajstić information content (AvgIpc) is 2.27. The first-order valence-electron chi connectivity index (χ1n) is 4.27. The summed E-state index contributed by atoms with van der Waals surface area (Å²) in [4.78, 5) is 10.4. The summed E-state index contributed by atoms with van der Waals surface area (Å²) in [6.07, 6.45) is 0.